The lowest BCUT2D eigenvalue weighted by atomic mass is 10.2. The lowest BCUT2D eigenvalue weighted by Gasteiger charge is -2.22. The summed E-state index contributed by atoms with van der Waals surface area (Å²) in [5.41, 5.74) is 3.13. The monoisotopic (exact) mass is 189 g/mol. The second-order valence-electron chi connectivity index (χ2n) is 3.74. The third-order valence-electron chi connectivity index (χ3n) is 1.83. The lowest BCUT2D eigenvalue weighted by Crippen LogP contribution is -2.34. The molecule has 0 aromatic rings. The van der Waals surface area contributed by atoms with E-state index < -0.39 is 0 Å². The fourth-order valence-corrected chi connectivity index (χ4v) is 2.22. The van der Waals surface area contributed by atoms with Crippen molar-refractivity contribution in [3.05, 3.63) is 0 Å². The maximum Gasteiger partial charge on any atom is 0.0705 e. The van der Waals surface area contributed by atoms with E-state index in [0.29, 0.717) is 12.0 Å². The van der Waals surface area contributed by atoms with Gasteiger partial charge in [-0.2, -0.15) is 17.2 Å². The molecule has 0 amide bonds. The Morgan fingerprint density at radius 2 is 2.42 bits per heavy atom. The van der Waals surface area contributed by atoms with E-state index in [1.807, 2.05) is 11.8 Å². The molecule has 12 heavy (non-hydrogen) atoms. The Morgan fingerprint density at radius 3 is 3.00 bits per heavy atom. The summed E-state index contributed by atoms with van der Waals surface area (Å²) in [6.07, 6.45) is 2.60. The van der Waals surface area contributed by atoms with Gasteiger partial charge in [-0.05, 0) is 24.5 Å². The fourth-order valence-electron chi connectivity index (χ4n) is 1.17. The predicted octanol–water partition coefficient (Wildman–Crippen LogP) is 2.06. The standard InChI is InChI=1S/C9H19NOS/c1-8(2)6-11-10-9-4-3-5-12-7-9/h8-10H,3-7H2,1-2H3. The number of rotatable bonds is 4. The third kappa shape index (κ3) is 4.33. The van der Waals surface area contributed by atoms with Gasteiger partial charge in [0.05, 0.1) is 6.61 Å². The summed E-state index contributed by atoms with van der Waals surface area (Å²) in [5.74, 6) is 3.15. The molecule has 1 unspecified atom stereocenters. The van der Waals surface area contributed by atoms with E-state index >= 15 is 0 Å². The van der Waals surface area contributed by atoms with Gasteiger partial charge in [-0.15, -0.1) is 0 Å². The molecule has 0 aromatic heterocycles. The molecule has 2 nitrogen and oxygen atoms in total. The minimum absolute atomic E-state index is 0.586. The van der Waals surface area contributed by atoms with E-state index in [1.54, 1.807) is 0 Å². The molecular formula is C9H19NOS. The van der Waals surface area contributed by atoms with Gasteiger partial charge in [0.25, 0.3) is 0 Å². The lowest BCUT2D eigenvalue weighted by molar-refractivity contribution is 0.00342. The molecule has 1 fully saturated rings. The molecule has 0 bridgehead atoms. The average molecular weight is 189 g/mol. The summed E-state index contributed by atoms with van der Waals surface area (Å²) in [4.78, 5) is 5.37. The maximum atomic E-state index is 5.37. The first-order chi connectivity index (χ1) is 5.79. The van der Waals surface area contributed by atoms with Gasteiger partial charge in [0.15, 0.2) is 0 Å². The Morgan fingerprint density at radius 1 is 1.58 bits per heavy atom. The summed E-state index contributed by atoms with van der Waals surface area (Å²) in [7, 11) is 0. The normalized spacial score (nSPS) is 24.8. The van der Waals surface area contributed by atoms with Gasteiger partial charge in [0.1, 0.15) is 0 Å². The van der Waals surface area contributed by atoms with Gasteiger partial charge >= 0.3 is 0 Å². The number of nitrogens with one attached hydrogen (secondary N) is 1. The van der Waals surface area contributed by atoms with E-state index in [1.165, 1.54) is 24.3 Å². The van der Waals surface area contributed by atoms with Crippen LogP contribution < -0.4 is 5.48 Å². The highest BCUT2D eigenvalue weighted by molar-refractivity contribution is 7.99. The number of thioether (sulfide) groups is 1. The van der Waals surface area contributed by atoms with E-state index in [2.05, 4.69) is 19.3 Å². The van der Waals surface area contributed by atoms with E-state index in [-0.39, 0.29) is 0 Å². The molecule has 1 rings (SSSR count). The molecule has 1 aliphatic heterocycles. The fraction of sp³-hybridized carbons (Fsp3) is 1.00. The molecule has 0 saturated carbocycles. The van der Waals surface area contributed by atoms with Crippen LogP contribution in [0.25, 0.3) is 0 Å². The summed E-state index contributed by atoms with van der Waals surface area (Å²) >= 11 is 2.02. The smallest absolute Gasteiger partial charge is 0.0705 e. The Bertz CT molecular complexity index is 113. The van der Waals surface area contributed by atoms with Crippen molar-refractivity contribution in [2.24, 2.45) is 5.92 Å². The molecule has 1 N–H and O–H groups in total. The van der Waals surface area contributed by atoms with Gasteiger partial charge in [-0.25, -0.2) is 0 Å². The van der Waals surface area contributed by atoms with Crippen molar-refractivity contribution in [2.75, 3.05) is 18.1 Å². The first-order valence-electron chi connectivity index (χ1n) is 4.74. The van der Waals surface area contributed by atoms with Crippen LogP contribution in [0.1, 0.15) is 26.7 Å². The molecule has 0 radical (unpaired) electrons. The van der Waals surface area contributed by atoms with E-state index in [4.69, 9.17) is 4.84 Å². The molecule has 1 atom stereocenters. The Kier molecular flexibility index (Phi) is 5.04. The SMILES string of the molecule is CC(C)CONC1CCCSC1. The van der Waals surface area contributed by atoms with Crippen LogP contribution in [0, 0.1) is 5.92 Å². The highest BCUT2D eigenvalue weighted by Crippen LogP contribution is 2.16. The van der Waals surface area contributed by atoms with Gasteiger partial charge in [-0.3, -0.25) is 0 Å². The van der Waals surface area contributed by atoms with Crippen molar-refractivity contribution >= 4 is 11.8 Å². The number of hydroxylamine groups is 1. The average Bonchev–Trinajstić information content (AvgIpc) is 2.05. The first-order valence-corrected chi connectivity index (χ1v) is 5.89. The Labute approximate surface area is 79.4 Å². The maximum absolute atomic E-state index is 5.37. The van der Waals surface area contributed by atoms with Crippen LogP contribution in [0.5, 0.6) is 0 Å². The summed E-state index contributed by atoms with van der Waals surface area (Å²) in [6.45, 7) is 5.15. The van der Waals surface area contributed by atoms with Crippen LogP contribution in [0.4, 0.5) is 0 Å². The minimum Gasteiger partial charge on any atom is -0.301 e. The van der Waals surface area contributed by atoms with Crippen LogP contribution in [0.15, 0.2) is 0 Å². The topological polar surface area (TPSA) is 21.3 Å². The van der Waals surface area contributed by atoms with Gasteiger partial charge in [0.2, 0.25) is 0 Å². The molecule has 1 saturated heterocycles. The predicted molar refractivity (Wildman–Crippen MR) is 54.3 cm³/mol. The number of hydrogen-bond acceptors (Lipinski definition) is 3. The molecule has 72 valence electrons. The van der Waals surface area contributed by atoms with Crippen LogP contribution in [-0.2, 0) is 4.84 Å². The van der Waals surface area contributed by atoms with Crippen molar-refractivity contribution in [1.29, 1.82) is 0 Å². The van der Waals surface area contributed by atoms with Gasteiger partial charge in [0, 0.05) is 11.8 Å². The third-order valence-corrected chi connectivity index (χ3v) is 3.04. The number of hydrogen-bond donors (Lipinski definition) is 1. The highest BCUT2D eigenvalue weighted by Gasteiger charge is 2.12. The second kappa shape index (κ2) is 5.84. The highest BCUT2D eigenvalue weighted by atomic mass is 32.2. The Hall–Kier alpha value is 0.270. The summed E-state index contributed by atoms with van der Waals surface area (Å²) in [6, 6.07) is 0.586. The summed E-state index contributed by atoms with van der Waals surface area (Å²) < 4.78 is 0. The first kappa shape index (κ1) is 10.4. The Balaban J connectivity index is 1.98. The van der Waals surface area contributed by atoms with Crippen molar-refractivity contribution in [3.63, 3.8) is 0 Å². The van der Waals surface area contributed by atoms with Crippen LogP contribution in [0.3, 0.4) is 0 Å². The van der Waals surface area contributed by atoms with Crippen molar-refractivity contribution in [3.8, 4) is 0 Å². The van der Waals surface area contributed by atoms with Crippen molar-refractivity contribution in [1.82, 2.24) is 5.48 Å². The van der Waals surface area contributed by atoms with Crippen LogP contribution in [-0.4, -0.2) is 24.2 Å². The van der Waals surface area contributed by atoms with E-state index in [0.717, 1.165) is 6.61 Å². The second-order valence-corrected chi connectivity index (χ2v) is 4.89. The quantitative estimate of drug-likeness (QED) is 0.684. The molecule has 1 heterocycles. The van der Waals surface area contributed by atoms with Crippen molar-refractivity contribution in [2.45, 2.75) is 32.7 Å². The molecular weight excluding hydrogens is 170 g/mol. The molecule has 3 heteroatoms. The largest absolute Gasteiger partial charge is 0.301 e. The zero-order chi connectivity index (χ0) is 8.81. The molecule has 0 aromatic carbocycles. The van der Waals surface area contributed by atoms with Gasteiger partial charge in [-0.1, -0.05) is 13.8 Å². The van der Waals surface area contributed by atoms with Gasteiger partial charge < -0.3 is 4.84 Å². The van der Waals surface area contributed by atoms with Crippen LogP contribution in [0.2, 0.25) is 0 Å². The van der Waals surface area contributed by atoms with Crippen LogP contribution >= 0.6 is 11.8 Å². The minimum atomic E-state index is 0.586. The summed E-state index contributed by atoms with van der Waals surface area (Å²) in [5, 5.41) is 0. The zero-order valence-corrected chi connectivity index (χ0v) is 8.82. The molecule has 0 aliphatic carbocycles. The van der Waals surface area contributed by atoms with E-state index in [9.17, 15) is 0 Å². The molecule has 1 aliphatic rings. The molecule has 0 spiro atoms. The zero-order valence-electron chi connectivity index (χ0n) is 8.01. The van der Waals surface area contributed by atoms with Crippen molar-refractivity contribution < 1.29 is 4.84 Å².